The highest BCUT2D eigenvalue weighted by Gasteiger charge is 2.18. The molecule has 0 spiro atoms. The third-order valence-corrected chi connectivity index (χ3v) is 7.31. The first kappa shape index (κ1) is 22.9. The minimum atomic E-state index is -3.55. The molecular formula is C24H25NO4S2. The molecule has 0 aromatic heterocycles. The molecule has 0 atom stereocenters. The van der Waals surface area contributed by atoms with E-state index in [9.17, 15) is 13.2 Å². The Kier molecular flexibility index (Phi) is 7.76. The number of hydrogen-bond acceptors (Lipinski definition) is 5. The van der Waals surface area contributed by atoms with Gasteiger partial charge < -0.3 is 10.1 Å². The van der Waals surface area contributed by atoms with Crippen molar-refractivity contribution in [1.82, 2.24) is 0 Å². The van der Waals surface area contributed by atoms with E-state index in [-0.39, 0.29) is 16.6 Å². The van der Waals surface area contributed by atoms with Crippen molar-refractivity contribution in [1.29, 1.82) is 0 Å². The largest absolute Gasteiger partial charge is 0.496 e. The molecule has 0 radical (unpaired) electrons. The summed E-state index contributed by atoms with van der Waals surface area (Å²) in [6.45, 7) is 1.91. The minimum absolute atomic E-state index is 0.108. The number of aryl methyl sites for hydroxylation is 1. The highest BCUT2D eigenvalue weighted by molar-refractivity contribution is 7.99. The third kappa shape index (κ3) is 6.60. The Morgan fingerprint density at radius 2 is 1.71 bits per heavy atom. The summed E-state index contributed by atoms with van der Waals surface area (Å²) in [6, 6.07) is 21.6. The molecule has 0 saturated heterocycles. The number of carbonyl (C=O) groups is 1. The number of methoxy groups -OCH3 is 1. The average Bonchev–Trinajstić information content (AvgIpc) is 2.75. The molecule has 1 N–H and O–H groups in total. The van der Waals surface area contributed by atoms with Gasteiger partial charge in [0.15, 0.2) is 9.84 Å². The van der Waals surface area contributed by atoms with Crippen molar-refractivity contribution in [3.8, 4) is 5.75 Å². The summed E-state index contributed by atoms with van der Waals surface area (Å²) in [5.41, 5.74) is 2.16. The number of thioether (sulfide) groups is 1. The first-order valence-electron chi connectivity index (χ1n) is 9.81. The molecule has 7 heteroatoms. The van der Waals surface area contributed by atoms with Gasteiger partial charge in [-0.3, -0.25) is 4.79 Å². The standard InChI is InChI=1S/C24H25NO4S2/c1-18-8-13-23(29-2)19(16-18)17-31(27,28)22-11-9-20(10-12-22)25-24(26)14-15-30-21-6-4-3-5-7-21/h3-13,16H,14-15,17H2,1-2H3,(H,25,26). The molecule has 0 saturated carbocycles. The number of rotatable bonds is 9. The van der Waals surface area contributed by atoms with Crippen molar-refractivity contribution in [2.45, 2.75) is 28.9 Å². The van der Waals surface area contributed by atoms with Gasteiger partial charge in [-0.15, -0.1) is 11.8 Å². The van der Waals surface area contributed by atoms with Crippen LogP contribution in [0.15, 0.2) is 82.6 Å². The van der Waals surface area contributed by atoms with Crippen LogP contribution in [0.4, 0.5) is 5.69 Å². The van der Waals surface area contributed by atoms with Gasteiger partial charge in [0.2, 0.25) is 5.91 Å². The van der Waals surface area contributed by atoms with E-state index in [4.69, 9.17) is 4.74 Å². The van der Waals surface area contributed by atoms with Crippen molar-refractivity contribution in [3.05, 3.63) is 83.9 Å². The highest BCUT2D eigenvalue weighted by Crippen LogP contribution is 2.26. The summed E-state index contributed by atoms with van der Waals surface area (Å²) in [5.74, 6) is 0.955. The lowest BCUT2D eigenvalue weighted by molar-refractivity contribution is -0.115. The zero-order chi connectivity index (χ0) is 22.3. The van der Waals surface area contributed by atoms with Gasteiger partial charge in [0.25, 0.3) is 0 Å². The summed E-state index contributed by atoms with van der Waals surface area (Å²) in [5, 5.41) is 2.82. The lowest BCUT2D eigenvalue weighted by atomic mass is 10.1. The van der Waals surface area contributed by atoms with Crippen LogP contribution < -0.4 is 10.1 Å². The van der Waals surface area contributed by atoms with Crippen LogP contribution in [0.3, 0.4) is 0 Å². The molecule has 0 aliphatic carbocycles. The van der Waals surface area contributed by atoms with Crippen LogP contribution >= 0.6 is 11.8 Å². The topological polar surface area (TPSA) is 72.5 Å². The average molecular weight is 456 g/mol. The molecule has 3 aromatic rings. The molecule has 0 heterocycles. The Bertz CT molecular complexity index is 1130. The summed E-state index contributed by atoms with van der Waals surface area (Å²) in [4.78, 5) is 13.5. The van der Waals surface area contributed by atoms with Gasteiger partial charge in [0, 0.05) is 28.3 Å². The fourth-order valence-corrected chi connectivity index (χ4v) is 5.28. The molecule has 0 aliphatic heterocycles. The number of hydrogen-bond donors (Lipinski definition) is 1. The van der Waals surface area contributed by atoms with Gasteiger partial charge in [-0.1, -0.05) is 35.9 Å². The maximum atomic E-state index is 12.8. The van der Waals surface area contributed by atoms with Crippen molar-refractivity contribution < 1.29 is 17.9 Å². The Hall–Kier alpha value is -2.77. The molecule has 0 bridgehead atoms. The zero-order valence-corrected chi connectivity index (χ0v) is 19.1. The lowest BCUT2D eigenvalue weighted by Gasteiger charge is -2.11. The molecular weight excluding hydrogens is 430 g/mol. The predicted molar refractivity (Wildman–Crippen MR) is 125 cm³/mol. The van der Waals surface area contributed by atoms with Crippen LogP contribution in [0, 0.1) is 6.92 Å². The Balaban J connectivity index is 1.59. The van der Waals surface area contributed by atoms with E-state index in [1.54, 1.807) is 30.0 Å². The van der Waals surface area contributed by atoms with Gasteiger partial charge >= 0.3 is 0 Å². The quantitative estimate of drug-likeness (QED) is 0.455. The predicted octanol–water partition coefficient (Wildman–Crippen LogP) is 5.10. The van der Waals surface area contributed by atoms with Crippen LogP contribution in [-0.4, -0.2) is 27.2 Å². The number of nitrogens with one attached hydrogen (secondary N) is 1. The normalized spacial score (nSPS) is 11.2. The summed E-state index contributed by atoms with van der Waals surface area (Å²) in [6.07, 6.45) is 0.368. The van der Waals surface area contributed by atoms with Gasteiger partial charge in [-0.05, 0) is 49.4 Å². The Labute approximate surface area is 187 Å². The minimum Gasteiger partial charge on any atom is -0.496 e. The van der Waals surface area contributed by atoms with E-state index in [1.165, 1.54) is 19.2 Å². The van der Waals surface area contributed by atoms with Crippen LogP contribution in [0.25, 0.3) is 0 Å². The number of benzene rings is 3. The summed E-state index contributed by atoms with van der Waals surface area (Å²) < 4.78 is 31.0. The SMILES string of the molecule is COc1ccc(C)cc1CS(=O)(=O)c1ccc(NC(=O)CCSc2ccccc2)cc1. The van der Waals surface area contributed by atoms with E-state index >= 15 is 0 Å². The molecule has 1 amide bonds. The fraction of sp³-hybridized carbons (Fsp3) is 0.208. The number of ether oxygens (including phenoxy) is 1. The number of amides is 1. The first-order chi connectivity index (χ1) is 14.9. The van der Waals surface area contributed by atoms with Gasteiger partial charge in [-0.25, -0.2) is 8.42 Å². The second kappa shape index (κ2) is 10.5. The Morgan fingerprint density at radius 3 is 2.39 bits per heavy atom. The maximum absolute atomic E-state index is 12.8. The van der Waals surface area contributed by atoms with E-state index in [1.807, 2.05) is 49.4 Å². The third-order valence-electron chi connectivity index (χ3n) is 4.62. The molecule has 0 aliphatic rings. The molecule has 5 nitrogen and oxygen atoms in total. The second-order valence-electron chi connectivity index (χ2n) is 7.06. The fourth-order valence-electron chi connectivity index (χ4n) is 3.06. The molecule has 0 unspecified atom stereocenters. The van der Waals surface area contributed by atoms with Crippen LogP contribution in [0.5, 0.6) is 5.75 Å². The second-order valence-corrected chi connectivity index (χ2v) is 10.2. The Morgan fingerprint density at radius 1 is 1.00 bits per heavy atom. The highest BCUT2D eigenvalue weighted by atomic mass is 32.2. The van der Waals surface area contributed by atoms with Crippen molar-refractivity contribution in [2.24, 2.45) is 0 Å². The maximum Gasteiger partial charge on any atom is 0.225 e. The zero-order valence-electron chi connectivity index (χ0n) is 17.5. The first-order valence-corrected chi connectivity index (χ1v) is 12.5. The van der Waals surface area contributed by atoms with Gasteiger partial charge in [0.05, 0.1) is 17.8 Å². The van der Waals surface area contributed by atoms with E-state index in [0.29, 0.717) is 29.2 Å². The number of sulfone groups is 1. The molecule has 31 heavy (non-hydrogen) atoms. The molecule has 0 fully saturated rings. The van der Waals surface area contributed by atoms with Crippen molar-refractivity contribution in [2.75, 3.05) is 18.2 Å². The number of carbonyl (C=O) groups excluding carboxylic acids is 1. The molecule has 162 valence electrons. The number of anilines is 1. The molecule has 3 aromatic carbocycles. The van der Waals surface area contributed by atoms with E-state index < -0.39 is 9.84 Å². The van der Waals surface area contributed by atoms with Crippen molar-refractivity contribution >= 4 is 33.2 Å². The monoisotopic (exact) mass is 455 g/mol. The van der Waals surface area contributed by atoms with Crippen LogP contribution in [0.1, 0.15) is 17.5 Å². The summed E-state index contributed by atoms with van der Waals surface area (Å²) in [7, 11) is -2.02. The van der Waals surface area contributed by atoms with Gasteiger partial charge in [0.1, 0.15) is 5.75 Å². The lowest BCUT2D eigenvalue weighted by Crippen LogP contribution is -2.12. The smallest absolute Gasteiger partial charge is 0.225 e. The van der Waals surface area contributed by atoms with Crippen LogP contribution in [-0.2, 0) is 20.4 Å². The molecule has 3 rings (SSSR count). The van der Waals surface area contributed by atoms with E-state index in [0.717, 1.165) is 10.5 Å². The van der Waals surface area contributed by atoms with Crippen LogP contribution in [0.2, 0.25) is 0 Å². The van der Waals surface area contributed by atoms with E-state index in [2.05, 4.69) is 5.32 Å². The van der Waals surface area contributed by atoms with Crippen molar-refractivity contribution in [3.63, 3.8) is 0 Å². The summed E-state index contributed by atoms with van der Waals surface area (Å²) >= 11 is 1.62. The van der Waals surface area contributed by atoms with Gasteiger partial charge in [-0.2, -0.15) is 0 Å².